The SMILES string of the molecule is CCOC(=O)c1c(F)c(F)c(OCC)c(F)c1NC.Cl. The molecule has 0 bridgehead atoms. The van der Waals surface area contributed by atoms with Gasteiger partial charge in [-0.3, -0.25) is 0 Å². The summed E-state index contributed by atoms with van der Waals surface area (Å²) in [5, 5.41) is 2.31. The van der Waals surface area contributed by atoms with Gasteiger partial charge in [-0.2, -0.15) is 4.39 Å². The molecule has 1 aromatic rings. The minimum atomic E-state index is -1.55. The zero-order valence-corrected chi connectivity index (χ0v) is 12.0. The summed E-state index contributed by atoms with van der Waals surface area (Å²) in [5.74, 6) is -6.25. The van der Waals surface area contributed by atoms with Gasteiger partial charge in [0.25, 0.3) is 0 Å². The highest BCUT2D eigenvalue weighted by atomic mass is 35.5. The van der Waals surface area contributed by atoms with Gasteiger partial charge in [0.2, 0.25) is 5.82 Å². The average molecular weight is 314 g/mol. The first-order chi connectivity index (χ1) is 8.99. The number of hydrogen-bond donors (Lipinski definition) is 1. The molecule has 0 spiro atoms. The van der Waals surface area contributed by atoms with Crippen LogP contribution >= 0.6 is 12.4 Å². The Kier molecular flexibility index (Phi) is 7.20. The van der Waals surface area contributed by atoms with Gasteiger partial charge in [0.05, 0.1) is 18.9 Å². The van der Waals surface area contributed by atoms with E-state index in [-0.39, 0.29) is 25.6 Å². The summed E-state index contributed by atoms with van der Waals surface area (Å²) in [4.78, 5) is 11.5. The van der Waals surface area contributed by atoms with Gasteiger partial charge < -0.3 is 14.8 Å². The summed E-state index contributed by atoms with van der Waals surface area (Å²) in [6, 6.07) is 0. The van der Waals surface area contributed by atoms with E-state index in [1.165, 1.54) is 20.9 Å². The van der Waals surface area contributed by atoms with Crippen LogP contribution < -0.4 is 10.1 Å². The number of halogens is 4. The number of anilines is 1. The third kappa shape index (κ3) is 3.27. The van der Waals surface area contributed by atoms with Crippen LogP contribution in [0.25, 0.3) is 0 Å². The summed E-state index contributed by atoms with van der Waals surface area (Å²) < 4.78 is 50.7. The van der Waals surface area contributed by atoms with Gasteiger partial charge in [0, 0.05) is 7.05 Å². The van der Waals surface area contributed by atoms with Crippen molar-refractivity contribution in [2.45, 2.75) is 13.8 Å². The standard InChI is InChI=1S/C12H14F3NO3.ClH/c1-4-18-11-8(14)7(13)6(12(17)19-5-2)10(16-3)9(11)15;/h16H,4-5H2,1-3H3;1H. The Morgan fingerprint density at radius 2 is 1.70 bits per heavy atom. The smallest absolute Gasteiger partial charge is 0.343 e. The first-order valence-corrected chi connectivity index (χ1v) is 5.67. The van der Waals surface area contributed by atoms with Crippen molar-refractivity contribution in [1.82, 2.24) is 0 Å². The van der Waals surface area contributed by atoms with E-state index in [1.807, 2.05) is 0 Å². The number of nitrogens with one attached hydrogen (secondary N) is 1. The molecule has 0 saturated carbocycles. The predicted octanol–water partition coefficient (Wildman–Crippen LogP) is 3.14. The van der Waals surface area contributed by atoms with Gasteiger partial charge in [-0.1, -0.05) is 0 Å². The fourth-order valence-electron chi connectivity index (χ4n) is 1.54. The molecule has 0 aliphatic rings. The van der Waals surface area contributed by atoms with Gasteiger partial charge in [-0.25, -0.2) is 13.6 Å². The lowest BCUT2D eigenvalue weighted by molar-refractivity contribution is 0.0520. The molecule has 0 radical (unpaired) electrons. The third-order valence-electron chi connectivity index (χ3n) is 2.30. The van der Waals surface area contributed by atoms with E-state index >= 15 is 0 Å². The van der Waals surface area contributed by atoms with Gasteiger partial charge >= 0.3 is 5.97 Å². The molecule has 20 heavy (non-hydrogen) atoms. The highest BCUT2D eigenvalue weighted by Crippen LogP contribution is 2.34. The molecule has 1 aromatic carbocycles. The van der Waals surface area contributed by atoms with Gasteiger partial charge in [0.1, 0.15) is 5.56 Å². The zero-order chi connectivity index (χ0) is 14.6. The molecule has 114 valence electrons. The zero-order valence-electron chi connectivity index (χ0n) is 11.2. The average Bonchev–Trinajstić information content (AvgIpc) is 2.38. The normalized spacial score (nSPS) is 9.70. The number of hydrogen-bond acceptors (Lipinski definition) is 4. The van der Waals surface area contributed by atoms with Crippen LogP contribution in [0.1, 0.15) is 24.2 Å². The van der Waals surface area contributed by atoms with Crippen LogP contribution in [0.15, 0.2) is 0 Å². The van der Waals surface area contributed by atoms with Gasteiger partial charge in [-0.15, -0.1) is 12.4 Å². The molecular formula is C12H15ClF3NO3. The molecule has 4 nitrogen and oxygen atoms in total. The van der Waals surface area contributed by atoms with Gasteiger partial charge in [-0.05, 0) is 13.8 Å². The van der Waals surface area contributed by atoms with E-state index in [4.69, 9.17) is 4.74 Å². The highest BCUT2D eigenvalue weighted by Gasteiger charge is 2.30. The second-order valence-corrected chi connectivity index (χ2v) is 3.42. The fourth-order valence-corrected chi connectivity index (χ4v) is 1.54. The lowest BCUT2D eigenvalue weighted by Gasteiger charge is -2.15. The maximum atomic E-state index is 14.0. The van der Waals surface area contributed by atoms with Crippen LogP contribution in [-0.4, -0.2) is 26.2 Å². The fraction of sp³-hybridized carbons (Fsp3) is 0.417. The molecule has 1 N–H and O–H groups in total. The van der Waals surface area contributed by atoms with Crippen molar-refractivity contribution >= 4 is 24.1 Å². The van der Waals surface area contributed by atoms with E-state index in [1.54, 1.807) is 0 Å². The van der Waals surface area contributed by atoms with Crippen molar-refractivity contribution in [3.05, 3.63) is 23.0 Å². The lowest BCUT2D eigenvalue weighted by Crippen LogP contribution is -2.15. The summed E-state index contributed by atoms with van der Waals surface area (Å²) in [7, 11) is 1.27. The Morgan fingerprint density at radius 3 is 2.15 bits per heavy atom. The molecule has 0 amide bonds. The number of carbonyl (C=O) groups is 1. The molecule has 1 rings (SSSR count). The second kappa shape index (κ2) is 7.84. The first kappa shape index (κ1) is 18.4. The van der Waals surface area contributed by atoms with Crippen molar-refractivity contribution in [1.29, 1.82) is 0 Å². The summed E-state index contributed by atoms with van der Waals surface area (Å²) in [6.45, 7) is 2.90. The topological polar surface area (TPSA) is 47.6 Å². The maximum Gasteiger partial charge on any atom is 0.343 e. The third-order valence-corrected chi connectivity index (χ3v) is 2.30. The predicted molar refractivity (Wildman–Crippen MR) is 70.2 cm³/mol. The van der Waals surface area contributed by atoms with Crippen LogP contribution in [0.3, 0.4) is 0 Å². The van der Waals surface area contributed by atoms with Crippen LogP contribution in [0.2, 0.25) is 0 Å². The lowest BCUT2D eigenvalue weighted by atomic mass is 10.1. The molecule has 0 aliphatic carbocycles. The summed E-state index contributed by atoms with van der Waals surface area (Å²) in [5.41, 5.74) is -1.32. The van der Waals surface area contributed by atoms with E-state index in [9.17, 15) is 18.0 Å². The molecule has 0 heterocycles. The Morgan fingerprint density at radius 1 is 1.10 bits per heavy atom. The Balaban J connectivity index is 0.00000361. The van der Waals surface area contributed by atoms with Crippen LogP contribution in [0.4, 0.5) is 18.9 Å². The number of ether oxygens (including phenoxy) is 2. The first-order valence-electron chi connectivity index (χ1n) is 5.67. The van der Waals surface area contributed by atoms with E-state index in [2.05, 4.69) is 10.1 Å². The molecule has 0 saturated heterocycles. The molecule has 0 atom stereocenters. The molecular weight excluding hydrogens is 299 g/mol. The molecule has 0 unspecified atom stereocenters. The molecule has 0 aromatic heterocycles. The van der Waals surface area contributed by atoms with Crippen LogP contribution in [-0.2, 0) is 4.74 Å². The Bertz CT molecular complexity index is 498. The summed E-state index contributed by atoms with van der Waals surface area (Å²) >= 11 is 0. The molecule has 0 fully saturated rings. The largest absolute Gasteiger partial charge is 0.488 e. The number of carbonyl (C=O) groups excluding carboxylic acids is 1. The van der Waals surface area contributed by atoms with E-state index < -0.39 is 40.4 Å². The van der Waals surface area contributed by atoms with Gasteiger partial charge in [0.15, 0.2) is 17.4 Å². The monoisotopic (exact) mass is 313 g/mol. The molecule has 8 heteroatoms. The molecule has 0 aliphatic heterocycles. The minimum absolute atomic E-state index is 0. The van der Waals surface area contributed by atoms with Crippen molar-refractivity contribution in [3.63, 3.8) is 0 Å². The van der Waals surface area contributed by atoms with Crippen molar-refractivity contribution in [2.24, 2.45) is 0 Å². The van der Waals surface area contributed by atoms with E-state index in [0.29, 0.717) is 0 Å². The van der Waals surface area contributed by atoms with Crippen LogP contribution in [0.5, 0.6) is 5.75 Å². The Hall–Kier alpha value is -1.63. The van der Waals surface area contributed by atoms with Crippen molar-refractivity contribution in [2.75, 3.05) is 25.6 Å². The second-order valence-electron chi connectivity index (χ2n) is 3.42. The van der Waals surface area contributed by atoms with Crippen molar-refractivity contribution in [3.8, 4) is 5.75 Å². The number of esters is 1. The van der Waals surface area contributed by atoms with E-state index in [0.717, 1.165) is 0 Å². The number of rotatable bonds is 5. The highest BCUT2D eigenvalue weighted by molar-refractivity contribution is 5.96. The quantitative estimate of drug-likeness (QED) is 0.670. The van der Waals surface area contributed by atoms with Crippen molar-refractivity contribution < 1.29 is 27.4 Å². The minimum Gasteiger partial charge on any atom is -0.488 e. The Labute approximate surface area is 120 Å². The maximum absolute atomic E-state index is 14.0. The van der Waals surface area contributed by atoms with Crippen LogP contribution in [0, 0.1) is 17.5 Å². The summed E-state index contributed by atoms with van der Waals surface area (Å²) in [6.07, 6.45) is 0. The number of benzene rings is 1.